The molecule has 2 aliphatic rings. The first-order chi connectivity index (χ1) is 8.77. The summed E-state index contributed by atoms with van der Waals surface area (Å²) in [4.78, 5) is 13.8. The second kappa shape index (κ2) is 6.75. The van der Waals surface area contributed by atoms with Gasteiger partial charge in [-0.15, -0.1) is 0 Å². The van der Waals surface area contributed by atoms with Gasteiger partial charge in [0.1, 0.15) is 0 Å². The van der Waals surface area contributed by atoms with Gasteiger partial charge in [0.05, 0.1) is 32.5 Å². The average molecular weight is 254 g/mol. The Morgan fingerprint density at radius 1 is 1.50 bits per heavy atom. The smallest absolute Gasteiger partial charge is 0.317 e. The predicted molar refractivity (Wildman–Crippen MR) is 68.5 cm³/mol. The zero-order valence-corrected chi connectivity index (χ0v) is 11.0. The normalized spacial score (nSPS) is 24.6. The summed E-state index contributed by atoms with van der Waals surface area (Å²) in [6.07, 6.45) is 4.03. The van der Waals surface area contributed by atoms with Gasteiger partial charge in [0.15, 0.2) is 0 Å². The summed E-state index contributed by atoms with van der Waals surface area (Å²) in [6.45, 7) is 6.19. The summed E-state index contributed by atoms with van der Waals surface area (Å²) in [7, 11) is 0. The van der Waals surface area contributed by atoms with Crippen molar-refractivity contribution < 1.29 is 14.3 Å². The van der Waals surface area contributed by atoms with Crippen LogP contribution in [0.2, 0.25) is 0 Å². The number of hydrogen-bond acceptors (Lipinski definition) is 3. The highest BCUT2D eigenvalue weighted by Crippen LogP contribution is 2.11. The molecule has 0 saturated carbocycles. The topological polar surface area (TPSA) is 50.8 Å². The molecular weight excluding hydrogens is 232 g/mol. The van der Waals surface area contributed by atoms with Crippen molar-refractivity contribution in [2.24, 2.45) is 0 Å². The molecule has 0 aromatic carbocycles. The van der Waals surface area contributed by atoms with Crippen molar-refractivity contribution in [3.05, 3.63) is 11.6 Å². The first-order valence-corrected chi connectivity index (χ1v) is 6.65. The molecule has 2 heterocycles. The number of carbonyl (C=O) groups excluding carboxylic acids is 1. The van der Waals surface area contributed by atoms with Gasteiger partial charge in [0, 0.05) is 13.1 Å². The molecule has 5 heteroatoms. The van der Waals surface area contributed by atoms with E-state index in [1.807, 2.05) is 11.8 Å². The molecule has 1 fully saturated rings. The van der Waals surface area contributed by atoms with Crippen LogP contribution in [0.15, 0.2) is 11.6 Å². The van der Waals surface area contributed by atoms with E-state index in [0.717, 1.165) is 19.4 Å². The Bertz CT molecular complexity index is 317. The summed E-state index contributed by atoms with van der Waals surface area (Å²) in [5.74, 6) is 0. The van der Waals surface area contributed by atoms with Crippen LogP contribution in [-0.2, 0) is 9.47 Å². The van der Waals surface area contributed by atoms with Crippen molar-refractivity contribution in [3.63, 3.8) is 0 Å². The van der Waals surface area contributed by atoms with Crippen molar-refractivity contribution >= 4 is 6.03 Å². The Hall–Kier alpha value is -1.07. The van der Waals surface area contributed by atoms with Crippen LogP contribution >= 0.6 is 0 Å². The zero-order valence-electron chi connectivity index (χ0n) is 11.0. The molecule has 0 aliphatic carbocycles. The standard InChI is InChI=1S/C13H22N2O3/c1-11-10-18-9-6-15(11)13(16)14-5-2-12-3-7-17-8-4-12/h3,11H,2,4-10H2,1H3,(H,14,16). The van der Waals surface area contributed by atoms with Gasteiger partial charge in [0.25, 0.3) is 0 Å². The van der Waals surface area contributed by atoms with Gasteiger partial charge in [-0.25, -0.2) is 4.79 Å². The van der Waals surface area contributed by atoms with E-state index in [4.69, 9.17) is 9.47 Å². The van der Waals surface area contributed by atoms with Gasteiger partial charge in [-0.1, -0.05) is 11.6 Å². The molecule has 18 heavy (non-hydrogen) atoms. The van der Waals surface area contributed by atoms with Crippen molar-refractivity contribution in [2.45, 2.75) is 25.8 Å². The molecule has 0 aromatic heterocycles. The highest BCUT2D eigenvalue weighted by molar-refractivity contribution is 5.74. The van der Waals surface area contributed by atoms with E-state index in [-0.39, 0.29) is 12.1 Å². The predicted octanol–water partition coefficient (Wildman–Crippen LogP) is 1.15. The SMILES string of the molecule is CC1COCCN1C(=O)NCCC1=CCOCC1. The minimum absolute atomic E-state index is 0.0264. The highest BCUT2D eigenvalue weighted by atomic mass is 16.5. The van der Waals surface area contributed by atoms with E-state index < -0.39 is 0 Å². The number of morpholine rings is 1. The molecule has 0 aromatic rings. The fourth-order valence-electron chi connectivity index (χ4n) is 2.25. The van der Waals surface area contributed by atoms with Crippen LogP contribution in [0.1, 0.15) is 19.8 Å². The summed E-state index contributed by atoms with van der Waals surface area (Å²) in [6, 6.07) is 0.194. The van der Waals surface area contributed by atoms with Crippen molar-refractivity contribution in [1.82, 2.24) is 10.2 Å². The molecule has 2 amide bonds. The zero-order chi connectivity index (χ0) is 12.8. The number of urea groups is 1. The lowest BCUT2D eigenvalue weighted by Crippen LogP contribution is -2.51. The molecular formula is C13H22N2O3. The Morgan fingerprint density at radius 3 is 3.11 bits per heavy atom. The molecule has 2 rings (SSSR count). The van der Waals surface area contributed by atoms with Crippen molar-refractivity contribution in [3.8, 4) is 0 Å². The minimum atomic E-state index is 0.0264. The Balaban J connectivity index is 1.69. The van der Waals surface area contributed by atoms with Crippen LogP contribution in [0.4, 0.5) is 4.79 Å². The summed E-state index contributed by atoms with van der Waals surface area (Å²) < 4.78 is 10.6. The second-order valence-corrected chi connectivity index (χ2v) is 4.79. The molecule has 102 valence electrons. The van der Waals surface area contributed by atoms with Gasteiger partial charge >= 0.3 is 6.03 Å². The third-order valence-corrected chi connectivity index (χ3v) is 3.41. The first kappa shape index (κ1) is 13.4. The van der Waals surface area contributed by atoms with Crippen LogP contribution in [0.3, 0.4) is 0 Å². The molecule has 1 N–H and O–H groups in total. The number of nitrogens with one attached hydrogen (secondary N) is 1. The number of rotatable bonds is 3. The number of hydrogen-bond donors (Lipinski definition) is 1. The number of nitrogens with zero attached hydrogens (tertiary/aromatic N) is 1. The highest BCUT2D eigenvalue weighted by Gasteiger charge is 2.23. The fourth-order valence-corrected chi connectivity index (χ4v) is 2.25. The van der Waals surface area contributed by atoms with E-state index in [0.29, 0.717) is 32.9 Å². The van der Waals surface area contributed by atoms with Gasteiger partial charge in [0.2, 0.25) is 0 Å². The number of amides is 2. The van der Waals surface area contributed by atoms with Gasteiger partial charge < -0.3 is 19.7 Å². The second-order valence-electron chi connectivity index (χ2n) is 4.79. The maximum absolute atomic E-state index is 12.0. The van der Waals surface area contributed by atoms with Crippen LogP contribution in [-0.4, -0.2) is 56.5 Å². The maximum atomic E-state index is 12.0. The monoisotopic (exact) mass is 254 g/mol. The summed E-state index contributed by atoms with van der Waals surface area (Å²) in [5, 5.41) is 2.98. The van der Waals surface area contributed by atoms with E-state index in [2.05, 4.69) is 11.4 Å². The quantitative estimate of drug-likeness (QED) is 0.769. The number of ether oxygens (including phenoxy) is 2. The van der Waals surface area contributed by atoms with Crippen molar-refractivity contribution in [2.75, 3.05) is 39.5 Å². The lowest BCUT2D eigenvalue weighted by Gasteiger charge is -2.33. The molecule has 5 nitrogen and oxygen atoms in total. The Kier molecular flexibility index (Phi) is 5.01. The van der Waals surface area contributed by atoms with E-state index in [9.17, 15) is 4.79 Å². The molecule has 0 bridgehead atoms. The van der Waals surface area contributed by atoms with E-state index >= 15 is 0 Å². The molecule has 0 spiro atoms. The third kappa shape index (κ3) is 3.71. The van der Waals surface area contributed by atoms with E-state index in [1.54, 1.807) is 0 Å². The molecule has 1 saturated heterocycles. The molecule has 1 unspecified atom stereocenters. The Morgan fingerprint density at radius 2 is 2.39 bits per heavy atom. The van der Waals surface area contributed by atoms with Crippen LogP contribution in [0, 0.1) is 0 Å². The van der Waals surface area contributed by atoms with Gasteiger partial charge in [-0.05, 0) is 19.8 Å². The molecule has 2 aliphatic heterocycles. The maximum Gasteiger partial charge on any atom is 0.317 e. The first-order valence-electron chi connectivity index (χ1n) is 6.65. The van der Waals surface area contributed by atoms with E-state index in [1.165, 1.54) is 5.57 Å². The minimum Gasteiger partial charge on any atom is -0.377 e. The van der Waals surface area contributed by atoms with Crippen molar-refractivity contribution in [1.29, 1.82) is 0 Å². The third-order valence-electron chi connectivity index (χ3n) is 3.41. The fraction of sp³-hybridized carbons (Fsp3) is 0.769. The average Bonchev–Trinajstić information content (AvgIpc) is 2.40. The van der Waals surface area contributed by atoms with Crippen LogP contribution in [0.5, 0.6) is 0 Å². The summed E-state index contributed by atoms with van der Waals surface area (Å²) in [5.41, 5.74) is 1.39. The van der Waals surface area contributed by atoms with Gasteiger partial charge in [-0.3, -0.25) is 0 Å². The Labute approximate surface area is 108 Å². The number of carbonyl (C=O) groups is 1. The van der Waals surface area contributed by atoms with Crippen LogP contribution in [0.25, 0.3) is 0 Å². The molecule has 0 radical (unpaired) electrons. The lowest BCUT2D eigenvalue weighted by molar-refractivity contribution is 0.0191. The lowest BCUT2D eigenvalue weighted by atomic mass is 10.1. The summed E-state index contributed by atoms with van der Waals surface area (Å²) >= 11 is 0. The largest absolute Gasteiger partial charge is 0.377 e. The van der Waals surface area contributed by atoms with Gasteiger partial charge in [-0.2, -0.15) is 0 Å². The van der Waals surface area contributed by atoms with Crippen LogP contribution < -0.4 is 5.32 Å². The molecule has 1 atom stereocenters.